The highest BCUT2D eigenvalue weighted by molar-refractivity contribution is 7.98. The molecule has 4 heteroatoms. The Kier molecular flexibility index (Phi) is 2.80. The van der Waals surface area contributed by atoms with Crippen molar-refractivity contribution >= 4 is 23.0 Å². The molecule has 0 spiro atoms. The lowest BCUT2D eigenvalue weighted by atomic mass is 10.2. The van der Waals surface area contributed by atoms with E-state index in [2.05, 4.69) is 22.1 Å². The average Bonchev–Trinajstić information content (AvgIpc) is 2.80. The fraction of sp³-hybridized carbons (Fsp3) is 0.0769. The second-order valence-corrected chi connectivity index (χ2v) is 4.51. The summed E-state index contributed by atoms with van der Waals surface area (Å²) in [6, 6.07) is 14.0. The Morgan fingerprint density at radius 1 is 1.06 bits per heavy atom. The third-order valence-corrected chi connectivity index (χ3v) is 3.25. The first-order valence-corrected chi connectivity index (χ1v) is 6.29. The predicted octanol–water partition coefficient (Wildman–Crippen LogP) is 3.52. The summed E-state index contributed by atoms with van der Waals surface area (Å²) in [6.07, 6.45) is 1.72. The zero-order chi connectivity index (χ0) is 11.5. The molecule has 1 aromatic carbocycles. The Balaban J connectivity index is 1.77. The molecule has 0 unspecified atom stereocenters. The summed E-state index contributed by atoms with van der Waals surface area (Å²) in [4.78, 5) is 8.45. The van der Waals surface area contributed by atoms with Crippen molar-refractivity contribution < 1.29 is 4.42 Å². The molecule has 0 amide bonds. The van der Waals surface area contributed by atoms with Crippen LogP contribution in [0.2, 0.25) is 0 Å². The van der Waals surface area contributed by atoms with E-state index in [0.29, 0.717) is 10.9 Å². The normalized spacial score (nSPS) is 10.8. The summed E-state index contributed by atoms with van der Waals surface area (Å²) in [6.45, 7) is 0. The second kappa shape index (κ2) is 4.59. The first-order valence-electron chi connectivity index (χ1n) is 5.30. The largest absolute Gasteiger partial charge is 0.430 e. The van der Waals surface area contributed by atoms with Crippen LogP contribution < -0.4 is 0 Å². The van der Waals surface area contributed by atoms with Crippen LogP contribution in [0.3, 0.4) is 0 Å². The number of fused-ring (bicyclic) bond motifs is 1. The smallest absolute Gasteiger partial charge is 0.258 e. The van der Waals surface area contributed by atoms with Crippen molar-refractivity contribution in [2.75, 3.05) is 0 Å². The highest BCUT2D eigenvalue weighted by Gasteiger charge is 2.06. The Labute approximate surface area is 103 Å². The molecule has 0 saturated heterocycles. The van der Waals surface area contributed by atoms with E-state index in [4.69, 9.17) is 4.42 Å². The van der Waals surface area contributed by atoms with E-state index in [9.17, 15) is 0 Å². The van der Waals surface area contributed by atoms with Crippen LogP contribution in [0.5, 0.6) is 0 Å². The number of pyridine rings is 1. The molecule has 2 heterocycles. The Bertz CT molecular complexity index is 588. The van der Waals surface area contributed by atoms with Gasteiger partial charge in [0.05, 0.1) is 0 Å². The molecule has 0 aliphatic heterocycles. The van der Waals surface area contributed by atoms with Gasteiger partial charge >= 0.3 is 0 Å². The molecule has 0 atom stereocenters. The molecule has 3 rings (SSSR count). The highest BCUT2D eigenvalue weighted by atomic mass is 32.2. The molecule has 3 aromatic rings. The fourth-order valence-electron chi connectivity index (χ4n) is 1.53. The molecule has 0 radical (unpaired) electrons. The molecular formula is C13H10N2OS. The van der Waals surface area contributed by atoms with Gasteiger partial charge in [0.25, 0.3) is 5.22 Å². The number of benzene rings is 1. The number of hydrogen-bond acceptors (Lipinski definition) is 4. The summed E-state index contributed by atoms with van der Waals surface area (Å²) < 4.78 is 5.58. The van der Waals surface area contributed by atoms with Gasteiger partial charge in [-0.1, -0.05) is 42.1 Å². The quantitative estimate of drug-likeness (QED) is 0.659. The van der Waals surface area contributed by atoms with Gasteiger partial charge in [0.15, 0.2) is 11.2 Å². The van der Waals surface area contributed by atoms with E-state index in [1.165, 1.54) is 5.56 Å². The standard InChI is InChI=1S/C13H10N2OS/c1-2-5-10(6-3-1)9-17-13-15-12-11(16-13)7-4-8-14-12/h1-8H,9H2. The van der Waals surface area contributed by atoms with Gasteiger partial charge in [-0.05, 0) is 17.7 Å². The minimum atomic E-state index is 0.669. The van der Waals surface area contributed by atoms with Crippen LogP contribution in [-0.2, 0) is 5.75 Å². The number of aromatic nitrogens is 2. The molecule has 3 nitrogen and oxygen atoms in total. The molecule has 17 heavy (non-hydrogen) atoms. The van der Waals surface area contributed by atoms with Crippen molar-refractivity contribution in [1.29, 1.82) is 0 Å². The van der Waals surface area contributed by atoms with Crippen molar-refractivity contribution in [2.24, 2.45) is 0 Å². The van der Waals surface area contributed by atoms with E-state index in [-0.39, 0.29) is 0 Å². The lowest BCUT2D eigenvalue weighted by molar-refractivity contribution is 0.489. The van der Waals surface area contributed by atoms with Gasteiger partial charge in [-0.15, -0.1) is 0 Å². The SMILES string of the molecule is c1ccc(CSc2nc3ncccc3o2)cc1. The van der Waals surface area contributed by atoms with Crippen LogP contribution in [0, 0.1) is 0 Å². The molecular weight excluding hydrogens is 232 g/mol. The third kappa shape index (κ3) is 2.31. The first kappa shape index (κ1) is 10.4. The number of oxazole rings is 1. The zero-order valence-electron chi connectivity index (χ0n) is 9.04. The van der Waals surface area contributed by atoms with Gasteiger partial charge in [0.1, 0.15) is 0 Å². The fourth-order valence-corrected chi connectivity index (χ4v) is 2.31. The predicted molar refractivity (Wildman–Crippen MR) is 67.8 cm³/mol. The maximum Gasteiger partial charge on any atom is 0.258 e. The lowest BCUT2D eigenvalue weighted by Crippen LogP contribution is -1.79. The Morgan fingerprint density at radius 2 is 1.94 bits per heavy atom. The maximum atomic E-state index is 5.58. The number of rotatable bonds is 3. The van der Waals surface area contributed by atoms with Crippen molar-refractivity contribution in [1.82, 2.24) is 9.97 Å². The monoisotopic (exact) mass is 242 g/mol. The Morgan fingerprint density at radius 3 is 2.76 bits per heavy atom. The van der Waals surface area contributed by atoms with Crippen LogP contribution in [0.1, 0.15) is 5.56 Å². The number of thioether (sulfide) groups is 1. The molecule has 0 saturated carbocycles. The van der Waals surface area contributed by atoms with Crippen LogP contribution in [0.15, 0.2) is 58.3 Å². The summed E-state index contributed by atoms with van der Waals surface area (Å²) in [5.41, 5.74) is 2.67. The van der Waals surface area contributed by atoms with Gasteiger partial charge in [-0.2, -0.15) is 4.98 Å². The topological polar surface area (TPSA) is 38.9 Å². The maximum absolute atomic E-state index is 5.58. The van der Waals surface area contributed by atoms with Crippen LogP contribution in [-0.4, -0.2) is 9.97 Å². The Hall–Kier alpha value is -1.81. The molecule has 0 N–H and O–H groups in total. The first-order chi connectivity index (χ1) is 8.42. The van der Waals surface area contributed by atoms with Crippen molar-refractivity contribution in [3.8, 4) is 0 Å². The molecule has 0 bridgehead atoms. The van der Waals surface area contributed by atoms with E-state index >= 15 is 0 Å². The van der Waals surface area contributed by atoms with E-state index in [1.54, 1.807) is 18.0 Å². The van der Waals surface area contributed by atoms with Crippen molar-refractivity contribution in [2.45, 2.75) is 11.0 Å². The average molecular weight is 242 g/mol. The zero-order valence-corrected chi connectivity index (χ0v) is 9.85. The molecule has 0 aliphatic rings. The van der Waals surface area contributed by atoms with Crippen LogP contribution in [0.25, 0.3) is 11.2 Å². The molecule has 84 valence electrons. The molecule has 0 aliphatic carbocycles. The minimum absolute atomic E-state index is 0.669. The van der Waals surface area contributed by atoms with Crippen molar-refractivity contribution in [3.05, 3.63) is 54.2 Å². The highest BCUT2D eigenvalue weighted by Crippen LogP contribution is 2.24. The van der Waals surface area contributed by atoms with Gasteiger partial charge in [0, 0.05) is 11.9 Å². The van der Waals surface area contributed by atoms with Crippen molar-refractivity contribution in [3.63, 3.8) is 0 Å². The molecule has 2 aromatic heterocycles. The summed E-state index contributed by atoms with van der Waals surface area (Å²) >= 11 is 1.58. The van der Waals surface area contributed by atoms with Crippen LogP contribution in [0.4, 0.5) is 0 Å². The van der Waals surface area contributed by atoms with Gasteiger partial charge in [-0.25, -0.2) is 4.98 Å². The van der Waals surface area contributed by atoms with Gasteiger partial charge in [-0.3, -0.25) is 0 Å². The second-order valence-electron chi connectivity index (χ2n) is 3.58. The number of nitrogens with zero attached hydrogens (tertiary/aromatic N) is 2. The van der Waals surface area contributed by atoms with E-state index in [0.717, 1.165) is 11.3 Å². The summed E-state index contributed by atoms with van der Waals surface area (Å²) in [5.74, 6) is 0.855. The molecule has 0 fully saturated rings. The summed E-state index contributed by atoms with van der Waals surface area (Å²) in [5, 5.41) is 0.669. The van der Waals surface area contributed by atoms with E-state index < -0.39 is 0 Å². The van der Waals surface area contributed by atoms with Gasteiger partial charge in [0.2, 0.25) is 0 Å². The number of hydrogen-bond donors (Lipinski definition) is 0. The minimum Gasteiger partial charge on any atom is -0.430 e. The third-order valence-electron chi connectivity index (χ3n) is 2.35. The van der Waals surface area contributed by atoms with Crippen LogP contribution >= 0.6 is 11.8 Å². The van der Waals surface area contributed by atoms with E-state index in [1.807, 2.05) is 30.3 Å². The lowest BCUT2D eigenvalue weighted by Gasteiger charge is -1.96. The summed E-state index contributed by atoms with van der Waals surface area (Å²) in [7, 11) is 0. The van der Waals surface area contributed by atoms with Gasteiger partial charge < -0.3 is 4.42 Å².